The van der Waals surface area contributed by atoms with Gasteiger partial charge in [-0.3, -0.25) is 0 Å². The third-order valence-electron chi connectivity index (χ3n) is 0.824. The fourth-order valence-electron chi connectivity index (χ4n) is 0.439. The van der Waals surface area contributed by atoms with Crippen molar-refractivity contribution in [3.63, 3.8) is 0 Å². The van der Waals surface area contributed by atoms with Crippen molar-refractivity contribution in [3.8, 4) is 0 Å². The maximum absolute atomic E-state index is 12.2. The van der Waals surface area contributed by atoms with Gasteiger partial charge in [0.05, 0.1) is 5.02 Å². The Hall–Kier alpha value is -0.808. The van der Waals surface area contributed by atoms with Gasteiger partial charge in [-0.05, 0) is 12.1 Å². The minimum absolute atomic E-state index is 0. The molecule has 0 saturated heterocycles. The van der Waals surface area contributed by atoms with Crippen molar-refractivity contribution in [2.45, 2.75) is 0 Å². The van der Waals surface area contributed by atoms with Crippen molar-refractivity contribution in [3.05, 3.63) is 55.1 Å². The summed E-state index contributed by atoms with van der Waals surface area (Å²) in [5.41, 5.74) is 0. The third-order valence-corrected chi connectivity index (χ3v) is 1.13. The number of halogens is 2. The Bertz CT molecular complexity index is 264. The largest absolute Gasteiger partial charge is 0 e. The molecule has 0 heterocycles. The summed E-state index contributed by atoms with van der Waals surface area (Å²) in [5, 5.41) is 0.174. The van der Waals surface area contributed by atoms with Gasteiger partial charge in [0.2, 0.25) is 0 Å². The quantitative estimate of drug-likeness (QED) is 0.511. The number of rotatable bonds is 0. The molecule has 0 bridgehead atoms. The maximum Gasteiger partial charge on any atom is 0 e. The molecule has 0 N–H and O–H groups in total. The van der Waals surface area contributed by atoms with Crippen LogP contribution in [0.5, 0.6) is 0 Å². The van der Waals surface area contributed by atoms with Crippen LogP contribution in [0.2, 0.25) is 5.02 Å². The van der Waals surface area contributed by atoms with Gasteiger partial charge in [-0.2, -0.15) is 0 Å². The third kappa shape index (κ3) is 15.9. The summed E-state index contributed by atoms with van der Waals surface area (Å²) in [6.45, 7) is 13.5. The molecule has 1 rings (SSSR count). The summed E-state index contributed by atoms with van der Waals surface area (Å²) >= 11 is 5.33. The van der Waals surface area contributed by atoms with Crippen LogP contribution in [0.4, 0.5) is 4.39 Å². The van der Waals surface area contributed by atoms with Crippen LogP contribution in [0.15, 0.2) is 24.3 Å². The van der Waals surface area contributed by atoms with Crippen LogP contribution in [0.25, 0.3) is 0 Å². The molecule has 0 aliphatic rings. The first-order chi connectivity index (χ1) is 6.80. The van der Waals surface area contributed by atoms with E-state index in [-0.39, 0.29) is 28.2 Å². The van der Waals surface area contributed by atoms with E-state index in [0.29, 0.717) is 0 Å². The Morgan fingerprint density at radius 3 is 1.47 bits per heavy atom. The number of hydrogen-bond donors (Lipinski definition) is 0. The summed E-state index contributed by atoms with van der Waals surface area (Å²) in [6.07, 6.45) is 0. The second-order valence-electron chi connectivity index (χ2n) is 1.41. The Morgan fingerprint density at radius 2 is 1.27 bits per heavy atom. The molecular weight excluding hydrogens is 263 g/mol. The minimum Gasteiger partial charge on any atom is 0 e. The molecule has 3 nitrogen and oxygen atoms in total. The summed E-state index contributed by atoms with van der Waals surface area (Å²) < 4.78 is 34.7. The van der Waals surface area contributed by atoms with E-state index in [4.69, 9.17) is 25.6 Å². The molecule has 0 unspecified atom stereocenters. The Morgan fingerprint density at radius 1 is 0.933 bits per heavy atom. The van der Waals surface area contributed by atoms with Gasteiger partial charge in [0.15, 0.2) is 0 Å². The monoisotopic (exact) mass is 266 g/mol. The molecule has 0 radical (unpaired) electrons. The first-order valence-corrected chi connectivity index (χ1v) is 3.20. The molecular formula is C9H4ClCrFO3. The molecule has 1 aromatic carbocycles. The van der Waals surface area contributed by atoms with Crippen molar-refractivity contribution >= 4 is 11.6 Å². The van der Waals surface area contributed by atoms with Gasteiger partial charge in [-0.1, -0.05) is 23.7 Å². The molecule has 0 aliphatic heterocycles. The van der Waals surface area contributed by atoms with Gasteiger partial charge in [0.1, 0.15) is 5.82 Å². The summed E-state index contributed by atoms with van der Waals surface area (Å²) in [5.74, 6) is -0.367. The molecule has 0 amide bonds. The van der Waals surface area contributed by atoms with Crippen molar-refractivity contribution in [2.24, 2.45) is 0 Å². The van der Waals surface area contributed by atoms with Gasteiger partial charge >= 0.3 is 33.9 Å². The van der Waals surface area contributed by atoms with Gasteiger partial charge in [-0.25, -0.2) is 4.39 Å². The van der Waals surface area contributed by atoms with E-state index in [1.54, 1.807) is 12.1 Å². The van der Waals surface area contributed by atoms with Crippen LogP contribution in [0, 0.1) is 25.8 Å². The molecule has 0 aromatic heterocycles. The maximum atomic E-state index is 12.2. The van der Waals surface area contributed by atoms with E-state index in [2.05, 4.69) is 20.0 Å². The van der Waals surface area contributed by atoms with Crippen molar-refractivity contribution in [1.29, 1.82) is 0 Å². The fourth-order valence-corrected chi connectivity index (χ4v) is 0.575. The minimum atomic E-state index is -0.367. The van der Waals surface area contributed by atoms with Crippen LogP contribution in [0.3, 0.4) is 0 Å². The zero-order chi connectivity index (χ0) is 12.0. The predicted molar refractivity (Wildman–Crippen MR) is 43.2 cm³/mol. The van der Waals surface area contributed by atoms with E-state index in [1.807, 2.05) is 0 Å². The predicted octanol–water partition coefficient (Wildman–Crippen LogP) is 2.36. The van der Waals surface area contributed by atoms with Gasteiger partial charge < -0.3 is 0 Å². The van der Waals surface area contributed by atoms with E-state index < -0.39 is 0 Å². The van der Waals surface area contributed by atoms with E-state index in [1.165, 1.54) is 12.1 Å². The second kappa shape index (κ2) is 23.2. The van der Waals surface area contributed by atoms with Crippen molar-refractivity contribution < 1.29 is 35.7 Å². The average Bonchev–Trinajstić information content (AvgIpc) is 2.31. The Balaban J connectivity index is -0.0000000755. The molecule has 1 aromatic rings. The Labute approximate surface area is 103 Å². The molecule has 6 heteroatoms. The second-order valence-corrected chi connectivity index (χ2v) is 1.82. The van der Waals surface area contributed by atoms with Gasteiger partial charge in [-0.15, -0.1) is 0 Å². The molecule has 0 spiro atoms. The van der Waals surface area contributed by atoms with Crippen molar-refractivity contribution in [2.75, 3.05) is 0 Å². The van der Waals surface area contributed by atoms with Crippen molar-refractivity contribution in [1.82, 2.24) is 0 Å². The van der Waals surface area contributed by atoms with Gasteiger partial charge in [0.25, 0.3) is 0 Å². The van der Waals surface area contributed by atoms with E-state index in [0.717, 1.165) is 0 Å². The molecule has 0 saturated carbocycles. The summed E-state index contributed by atoms with van der Waals surface area (Å²) in [4.78, 5) is 0. The first-order valence-electron chi connectivity index (χ1n) is 2.82. The van der Waals surface area contributed by atoms with Crippen LogP contribution >= 0.6 is 11.6 Å². The molecule has 78 valence electrons. The molecule has 15 heavy (non-hydrogen) atoms. The zero-order valence-corrected chi connectivity index (χ0v) is 9.23. The zero-order valence-electron chi connectivity index (χ0n) is 7.20. The fraction of sp³-hybridized carbons (Fsp3) is 0. The standard InChI is InChI=1S/C6H4ClF.3CO.Cr/c7-5-3-1-2-4-6(5)8;3*1-2;/h1-4H;;;;. The first kappa shape index (κ1) is 23.8. The summed E-state index contributed by atoms with van der Waals surface area (Å²) in [7, 11) is 0. The number of hydrogen-bond acceptors (Lipinski definition) is 0. The van der Waals surface area contributed by atoms with Gasteiger partial charge in [0, 0.05) is 17.4 Å². The molecule has 0 aliphatic carbocycles. The molecule has 0 atom stereocenters. The average molecular weight is 267 g/mol. The van der Waals surface area contributed by atoms with E-state index >= 15 is 0 Å². The van der Waals surface area contributed by atoms with Crippen LogP contribution in [0.1, 0.15) is 0 Å². The number of benzene rings is 1. The topological polar surface area (TPSA) is 59.7 Å². The van der Waals surface area contributed by atoms with Crippen LogP contribution < -0.4 is 0 Å². The summed E-state index contributed by atoms with van der Waals surface area (Å²) in [6, 6.07) is 6.12. The smallest absolute Gasteiger partial charge is 0 e. The SMILES string of the molecule is Fc1ccccc1Cl.[C-]#[O+].[C-]#[O+].[C-]#[O+].[Cr]. The van der Waals surface area contributed by atoms with Crippen LogP contribution in [-0.2, 0) is 31.3 Å². The van der Waals surface area contributed by atoms with Crippen LogP contribution in [-0.4, -0.2) is 0 Å². The van der Waals surface area contributed by atoms with E-state index in [9.17, 15) is 4.39 Å². The Kier molecular flexibility index (Phi) is 36.8. The molecule has 0 fully saturated rings. The normalized spacial score (nSPS) is 5.33.